The zero-order valence-electron chi connectivity index (χ0n) is 14.9. The van der Waals surface area contributed by atoms with Crippen molar-refractivity contribution < 1.29 is 9.53 Å². The monoisotopic (exact) mass is 359 g/mol. The Morgan fingerprint density at radius 3 is 2.56 bits per heavy atom. The van der Waals surface area contributed by atoms with Crippen LogP contribution in [0.15, 0.2) is 54.6 Å². The van der Waals surface area contributed by atoms with Crippen molar-refractivity contribution in [1.29, 1.82) is 5.26 Å². The molecular weight excluding hydrogens is 342 g/mol. The summed E-state index contributed by atoms with van der Waals surface area (Å²) in [5.74, 6) is 0.591. The predicted octanol–water partition coefficient (Wildman–Crippen LogP) is 3.66. The standard InChI is InChI=1S/C20H17N5O2/c1-13-11-18(19(26)23-15-7-9-16(27-2)10-8-15)25-20(22-13)24-17-6-4-3-5-14(17)12-21/h3-11H,1-2H3,(H,23,26)(H,22,24,25). The first-order valence-corrected chi connectivity index (χ1v) is 8.16. The van der Waals surface area contributed by atoms with Gasteiger partial charge in [0.1, 0.15) is 17.5 Å². The lowest BCUT2D eigenvalue weighted by molar-refractivity contribution is 0.102. The van der Waals surface area contributed by atoms with E-state index in [-0.39, 0.29) is 17.5 Å². The van der Waals surface area contributed by atoms with Gasteiger partial charge in [-0.25, -0.2) is 9.97 Å². The van der Waals surface area contributed by atoms with Gasteiger partial charge in [0.2, 0.25) is 5.95 Å². The van der Waals surface area contributed by atoms with Gasteiger partial charge in [0, 0.05) is 11.4 Å². The Morgan fingerprint density at radius 2 is 1.85 bits per heavy atom. The largest absolute Gasteiger partial charge is 0.497 e. The van der Waals surface area contributed by atoms with E-state index in [0.29, 0.717) is 28.4 Å². The van der Waals surface area contributed by atoms with Gasteiger partial charge in [-0.2, -0.15) is 5.26 Å². The van der Waals surface area contributed by atoms with Crippen LogP contribution in [0.3, 0.4) is 0 Å². The summed E-state index contributed by atoms with van der Waals surface area (Å²) in [7, 11) is 1.58. The molecule has 3 aromatic rings. The number of aromatic nitrogens is 2. The molecule has 1 heterocycles. The van der Waals surface area contributed by atoms with E-state index in [4.69, 9.17) is 4.74 Å². The van der Waals surface area contributed by atoms with Crippen molar-refractivity contribution in [3.63, 3.8) is 0 Å². The second-order valence-corrected chi connectivity index (χ2v) is 5.68. The van der Waals surface area contributed by atoms with Crippen molar-refractivity contribution in [2.24, 2.45) is 0 Å². The van der Waals surface area contributed by atoms with Crippen LogP contribution in [0.25, 0.3) is 0 Å². The lowest BCUT2D eigenvalue weighted by Gasteiger charge is -2.10. The van der Waals surface area contributed by atoms with Gasteiger partial charge < -0.3 is 15.4 Å². The maximum atomic E-state index is 12.5. The Morgan fingerprint density at radius 1 is 1.11 bits per heavy atom. The molecule has 0 spiro atoms. The molecule has 27 heavy (non-hydrogen) atoms. The maximum Gasteiger partial charge on any atom is 0.274 e. The second-order valence-electron chi connectivity index (χ2n) is 5.68. The number of rotatable bonds is 5. The van der Waals surface area contributed by atoms with Crippen molar-refractivity contribution in [1.82, 2.24) is 9.97 Å². The molecule has 0 atom stereocenters. The molecule has 1 aromatic heterocycles. The molecule has 0 aliphatic rings. The third-order valence-electron chi connectivity index (χ3n) is 3.73. The van der Waals surface area contributed by atoms with E-state index in [1.165, 1.54) is 0 Å². The van der Waals surface area contributed by atoms with Crippen LogP contribution in [0.1, 0.15) is 21.7 Å². The first kappa shape index (κ1) is 17.9. The molecule has 0 radical (unpaired) electrons. The summed E-state index contributed by atoms with van der Waals surface area (Å²) >= 11 is 0. The molecule has 0 fully saturated rings. The van der Waals surface area contributed by atoms with Gasteiger partial charge in [-0.15, -0.1) is 0 Å². The van der Waals surface area contributed by atoms with E-state index in [1.807, 2.05) is 0 Å². The van der Waals surface area contributed by atoms with Crippen molar-refractivity contribution in [2.45, 2.75) is 6.92 Å². The van der Waals surface area contributed by atoms with Crippen molar-refractivity contribution >= 4 is 23.2 Å². The molecular formula is C20H17N5O2. The lowest BCUT2D eigenvalue weighted by Crippen LogP contribution is -2.15. The van der Waals surface area contributed by atoms with Gasteiger partial charge in [0.15, 0.2) is 0 Å². The maximum absolute atomic E-state index is 12.5. The lowest BCUT2D eigenvalue weighted by atomic mass is 10.2. The average molecular weight is 359 g/mol. The van der Waals surface area contributed by atoms with Gasteiger partial charge in [0.25, 0.3) is 5.91 Å². The summed E-state index contributed by atoms with van der Waals surface area (Å²) in [6, 6.07) is 17.7. The molecule has 7 nitrogen and oxygen atoms in total. The first-order valence-electron chi connectivity index (χ1n) is 8.16. The number of amides is 1. The quantitative estimate of drug-likeness (QED) is 0.721. The number of nitrogens with zero attached hydrogens (tertiary/aromatic N) is 3. The summed E-state index contributed by atoms with van der Waals surface area (Å²) < 4.78 is 5.10. The Bertz CT molecular complexity index is 1010. The molecule has 2 aromatic carbocycles. The summed E-state index contributed by atoms with van der Waals surface area (Å²) in [5, 5.41) is 15.0. The van der Waals surface area contributed by atoms with Crippen LogP contribution in [-0.4, -0.2) is 23.0 Å². The number of aryl methyl sites for hydroxylation is 1. The van der Waals surface area contributed by atoms with Crippen molar-refractivity contribution in [3.8, 4) is 11.8 Å². The van der Waals surface area contributed by atoms with Crippen LogP contribution < -0.4 is 15.4 Å². The molecule has 0 bridgehead atoms. The molecule has 0 saturated heterocycles. The van der Waals surface area contributed by atoms with Crippen LogP contribution in [0.5, 0.6) is 5.75 Å². The van der Waals surface area contributed by atoms with Gasteiger partial charge in [-0.1, -0.05) is 12.1 Å². The smallest absolute Gasteiger partial charge is 0.274 e. The molecule has 1 amide bonds. The fraction of sp³-hybridized carbons (Fsp3) is 0.100. The minimum atomic E-state index is -0.359. The minimum absolute atomic E-state index is 0.218. The fourth-order valence-electron chi connectivity index (χ4n) is 2.42. The summed E-state index contributed by atoms with van der Waals surface area (Å²) in [6.45, 7) is 1.77. The summed E-state index contributed by atoms with van der Waals surface area (Å²) in [4.78, 5) is 21.1. The normalized spacial score (nSPS) is 9.96. The number of anilines is 3. The van der Waals surface area contributed by atoms with Crippen molar-refractivity contribution in [2.75, 3.05) is 17.7 Å². The topological polar surface area (TPSA) is 99.9 Å². The number of ether oxygens (including phenoxy) is 1. The molecule has 2 N–H and O–H groups in total. The van der Waals surface area contributed by atoms with E-state index < -0.39 is 0 Å². The fourth-order valence-corrected chi connectivity index (χ4v) is 2.42. The summed E-state index contributed by atoms with van der Waals surface area (Å²) in [5.41, 5.74) is 2.51. The Balaban J connectivity index is 1.81. The second kappa shape index (κ2) is 7.97. The SMILES string of the molecule is COc1ccc(NC(=O)c2cc(C)nc(Nc3ccccc3C#N)n2)cc1. The average Bonchev–Trinajstić information content (AvgIpc) is 2.68. The van der Waals surface area contributed by atoms with E-state index >= 15 is 0 Å². The molecule has 0 aliphatic carbocycles. The zero-order valence-corrected chi connectivity index (χ0v) is 14.9. The number of hydrogen-bond donors (Lipinski definition) is 2. The molecule has 0 unspecified atom stereocenters. The third kappa shape index (κ3) is 4.38. The Labute approximate surface area is 156 Å². The molecule has 7 heteroatoms. The van der Waals surface area contributed by atoms with Crippen LogP contribution in [0.2, 0.25) is 0 Å². The number of benzene rings is 2. The highest BCUT2D eigenvalue weighted by molar-refractivity contribution is 6.03. The number of nitriles is 1. The van der Waals surface area contributed by atoms with Gasteiger partial charge in [-0.3, -0.25) is 4.79 Å². The number of hydrogen-bond acceptors (Lipinski definition) is 6. The van der Waals surface area contributed by atoms with E-state index in [0.717, 1.165) is 0 Å². The number of methoxy groups -OCH3 is 1. The predicted molar refractivity (Wildman–Crippen MR) is 102 cm³/mol. The van der Waals surface area contributed by atoms with Crippen LogP contribution in [0.4, 0.5) is 17.3 Å². The van der Waals surface area contributed by atoms with Crippen molar-refractivity contribution in [3.05, 3.63) is 71.5 Å². The Kier molecular flexibility index (Phi) is 5.28. The van der Waals surface area contributed by atoms with Crippen LogP contribution >= 0.6 is 0 Å². The Hall–Kier alpha value is -3.92. The van der Waals surface area contributed by atoms with E-state index in [9.17, 15) is 10.1 Å². The third-order valence-corrected chi connectivity index (χ3v) is 3.73. The van der Waals surface area contributed by atoms with Gasteiger partial charge in [0.05, 0.1) is 18.4 Å². The zero-order chi connectivity index (χ0) is 19.2. The number of para-hydroxylation sites is 1. The first-order chi connectivity index (χ1) is 13.1. The highest BCUT2D eigenvalue weighted by Crippen LogP contribution is 2.19. The number of carbonyl (C=O) groups is 1. The van der Waals surface area contributed by atoms with Crippen LogP contribution in [-0.2, 0) is 0 Å². The van der Waals surface area contributed by atoms with Crippen LogP contribution in [0, 0.1) is 18.3 Å². The van der Waals surface area contributed by atoms with E-state index in [1.54, 1.807) is 68.6 Å². The molecule has 0 saturated carbocycles. The highest BCUT2D eigenvalue weighted by atomic mass is 16.5. The molecule has 0 aliphatic heterocycles. The molecule has 3 rings (SSSR count). The number of carbonyl (C=O) groups excluding carboxylic acids is 1. The summed E-state index contributed by atoms with van der Waals surface area (Å²) in [6.07, 6.45) is 0. The minimum Gasteiger partial charge on any atom is -0.497 e. The van der Waals surface area contributed by atoms with Gasteiger partial charge >= 0.3 is 0 Å². The molecule has 134 valence electrons. The highest BCUT2D eigenvalue weighted by Gasteiger charge is 2.12. The van der Waals surface area contributed by atoms with Gasteiger partial charge in [-0.05, 0) is 49.4 Å². The number of nitrogens with one attached hydrogen (secondary N) is 2. The van der Waals surface area contributed by atoms with E-state index in [2.05, 4.69) is 26.7 Å².